The van der Waals surface area contributed by atoms with Crippen LogP contribution in [0.15, 0.2) is 17.1 Å². The molecule has 2 rings (SSSR count). The quantitative estimate of drug-likeness (QED) is 0.746. The molecule has 60 valence electrons. The van der Waals surface area contributed by atoms with Gasteiger partial charge in [-0.1, -0.05) is 0 Å². The molecule has 1 aromatic rings. The van der Waals surface area contributed by atoms with E-state index in [-0.39, 0.29) is 0 Å². The van der Waals surface area contributed by atoms with Crippen LogP contribution in [0.1, 0.15) is 0 Å². The van der Waals surface area contributed by atoms with E-state index in [1.165, 1.54) is 0 Å². The Morgan fingerprint density at radius 1 is 1.73 bits per heavy atom. The highest BCUT2D eigenvalue weighted by molar-refractivity contribution is 9.10. The summed E-state index contributed by atoms with van der Waals surface area (Å²) in [6.07, 6.45) is 3.82. The lowest BCUT2D eigenvalue weighted by molar-refractivity contribution is -0.0394. The number of imidazole rings is 1. The van der Waals surface area contributed by atoms with Gasteiger partial charge in [0.2, 0.25) is 0 Å². The van der Waals surface area contributed by atoms with Gasteiger partial charge in [-0.25, -0.2) is 4.98 Å². The third kappa shape index (κ3) is 1.62. The molecule has 0 bridgehead atoms. The first-order valence-corrected chi connectivity index (χ1v) is 4.39. The third-order valence-corrected chi connectivity index (χ3v) is 2.19. The summed E-state index contributed by atoms with van der Waals surface area (Å²) >= 11 is 3.30. The first-order chi connectivity index (χ1) is 5.34. The fourth-order valence-corrected chi connectivity index (χ4v) is 1.48. The average molecular weight is 217 g/mol. The van der Waals surface area contributed by atoms with Crippen LogP contribution >= 0.6 is 15.9 Å². The molecule has 3 nitrogen and oxygen atoms in total. The van der Waals surface area contributed by atoms with E-state index in [1.54, 1.807) is 0 Å². The third-order valence-electron chi connectivity index (χ3n) is 1.78. The van der Waals surface area contributed by atoms with Crippen LogP contribution in [0.25, 0.3) is 0 Å². The van der Waals surface area contributed by atoms with Gasteiger partial charge in [0.15, 0.2) is 0 Å². The first kappa shape index (κ1) is 7.31. The second-order valence-corrected chi connectivity index (χ2v) is 3.61. The Morgan fingerprint density at radius 2 is 2.55 bits per heavy atom. The zero-order valence-corrected chi connectivity index (χ0v) is 7.62. The zero-order chi connectivity index (χ0) is 7.68. The molecule has 4 heteroatoms. The van der Waals surface area contributed by atoms with Gasteiger partial charge in [0.05, 0.1) is 19.5 Å². The van der Waals surface area contributed by atoms with Crippen LogP contribution in [-0.2, 0) is 11.3 Å². The lowest BCUT2D eigenvalue weighted by Gasteiger charge is -2.25. The average Bonchev–Trinajstić information content (AvgIpc) is 2.27. The maximum absolute atomic E-state index is 5.07. The predicted octanol–water partition coefficient (Wildman–Crippen LogP) is 1.29. The molecule has 0 unspecified atom stereocenters. The molecule has 0 atom stereocenters. The lowest BCUT2D eigenvalue weighted by atomic mass is 10.1. The van der Waals surface area contributed by atoms with E-state index in [0.29, 0.717) is 5.92 Å². The van der Waals surface area contributed by atoms with E-state index in [4.69, 9.17) is 4.74 Å². The summed E-state index contributed by atoms with van der Waals surface area (Å²) in [4.78, 5) is 4.07. The van der Waals surface area contributed by atoms with Gasteiger partial charge in [0.25, 0.3) is 0 Å². The SMILES string of the molecule is Brc1cn(CC2COC2)cn1. The molecule has 1 saturated heterocycles. The van der Waals surface area contributed by atoms with E-state index in [2.05, 4.69) is 25.5 Å². The smallest absolute Gasteiger partial charge is 0.124 e. The van der Waals surface area contributed by atoms with E-state index < -0.39 is 0 Å². The molecule has 0 spiro atoms. The van der Waals surface area contributed by atoms with Crippen molar-refractivity contribution in [3.8, 4) is 0 Å². The Morgan fingerprint density at radius 3 is 3.00 bits per heavy atom. The Hall–Kier alpha value is -0.350. The lowest BCUT2D eigenvalue weighted by Crippen LogP contribution is -2.31. The molecule has 1 aliphatic heterocycles. The Bertz CT molecular complexity index is 244. The highest BCUT2D eigenvalue weighted by Crippen LogP contribution is 2.13. The van der Waals surface area contributed by atoms with Crippen LogP contribution in [0.5, 0.6) is 0 Å². The summed E-state index contributed by atoms with van der Waals surface area (Å²) < 4.78 is 8.05. The van der Waals surface area contributed by atoms with Crippen molar-refractivity contribution in [1.82, 2.24) is 9.55 Å². The van der Waals surface area contributed by atoms with Crippen LogP contribution in [0.2, 0.25) is 0 Å². The van der Waals surface area contributed by atoms with Crippen molar-refractivity contribution in [3.05, 3.63) is 17.1 Å². The van der Waals surface area contributed by atoms with Gasteiger partial charge in [-0.3, -0.25) is 0 Å². The molecule has 0 aliphatic carbocycles. The van der Waals surface area contributed by atoms with E-state index in [0.717, 1.165) is 24.4 Å². The zero-order valence-electron chi connectivity index (χ0n) is 6.03. The molecule has 2 heterocycles. The van der Waals surface area contributed by atoms with Gasteiger partial charge in [-0.15, -0.1) is 0 Å². The molecule has 0 N–H and O–H groups in total. The van der Waals surface area contributed by atoms with E-state index in [9.17, 15) is 0 Å². The minimum absolute atomic E-state index is 0.691. The molecule has 1 aliphatic rings. The van der Waals surface area contributed by atoms with Gasteiger partial charge >= 0.3 is 0 Å². The standard InChI is InChI=1S/C7H9BrN2O/c8-7-2-10(5-9-7)1-6-3-11-4-6/h2,5-6H,1,3-4H2. The topological polar surface area (TPSA) is 27.1 Å². The molecule has 0 aromatic carbocycles. The molecular weight excluding hydrogens is 208 g/mol. The van der Waals surface area contributed by atoms with Crippen LogP contribution in [0.3, 0.4) is 0 Å². The van der Waals surface area contributed by atoms with Crippen molar-refractivity contribution in [2.75, 3.05) is 13.2 Å². The van der Waals surface area contributed by atoms with Gasteiger partial charge in [-0.05, 0) is 15.9 Å². The molecule has 1 aromatic heterocycles. The van der Waals surface area contributed by atoms with E-state index in [1.807, 2.05) is 12.5 Å². The molecule has 0 saturated carbocycles. The number of nitrogens with zero attached hydrogens (tertiary/aromatic N) is 2. The Balaban J connectivity index is 1.95. The summed E-state index contributed by atoms with van der Waals surface area (Å²) in [7, 11) is 0. The molecule has 0 radical (unpaired) electrons. The first-order valence-electron chi connectivity index (χ1n) is 3.59. The summed E-state index contributed by atoms with van der Waals surface area (Å²) in [5.41, 5.74) is 0. The number of hydrogen-bond acceptors (Lipinski definition) is 2. The number of halogens is 1. The molecular formula is C7H9BrN2O. The van der Waals surface area contributed by atoms with Crippen molar-refractivity contribution in [2.45, 2.75) is 6.54 Å². The minimum atomic E-state index is 0.691. The number of aromatic nitrogens is 2. The maximum Gasteiger partial charge on any atom is 0.124 e. The Kier molecular flexibility index (Phi) is 1.96. The number of rotatable bonds is 2. The van der Waals surface area contributed by atoms with Crippen LogP contribution in [-0.4, -0.2) is 22.8 Å². The van der Waals surface area contributed by atoms with Gasteiger partial charge in [0, 0.05) is 18.7 Å². The fraction of sp³-hybridized carbons (Fsp3) is 0.571. The molecule has 0 amide bonds. The summed E-state index contributed by atoms with van der Waals surface area (Å²) in [6.45, 7) is 2.82. The molecule has 11 heavy (non-hydrogen) atoms. The van der Waals surface area contributed by atoms with Crippen molar-refractivity contribution in [1.29, 1.82) is 0 Å². The summed E-state index contributed by atoms with van der Waals surface area (Å²) in [5.74, 6) is 0.691. The monoisotopic (exact) mass is 216 g/mol. The Labute approximate surface area is 73.5 Å². The summed E-state index contributed by atoms with van der Waals surface area (Å²) in [6, 6.07) is 0. The molecule has 1 fully saturated rings. The second kappa shape index (κ2) is 2.95. The highest BCUT2D eigenvalue weighted by Gasteiger charge is 2.18. The second-order valence-electron chi connectivity index (χ2n) is 2.80. The van der Waals surface area contributed by atoms with Crippen molar-refractivity contribution >= 4 is 15.9 Å². The minimum Gasteiger partial charge on any atom is -0.381 e. The fourth-order valence-electron chi connectivity index (χ4n) is 1.12. The number of hydrogen-bond donors (Lipinski definition) is 0. The van der Waals surface area contributed by atoms with Gasteiger partial charge in [-0.2, -0.15) is 0 Å². The van der Waals surface area contributed by atoms with Crippen molar-refractivity contribution in [2.24, 2.45) is 5.92 Å². The van der Waals surface area contributed by atoms with Crippen LogP contribution in [0, 0.1) is 5.92 Å². The van der Waals surface area contributed by atoms with Gasteiger partial charge in [0.1, 0.15) is 4.60 Å². The van der Waals surface area contributed by atoms with Crippen LogP contribution < -0.4 is 0 Å². The largest absolute Gasteiger partial charge is 0.381 e. The predicted molar refractivity (Wildman–Crippen MR) is 44.2 cm³/mol. The number of ether oxygens (including phenoxy) is 1. The van der Waals surface area contributed by atoms with Crippen molar-refractivity contribution < 1.29 is 4.74 Å². The van der Waals surface area contributed by atoms with Crippen molar-refractivity contribution in [3.63, 3.8) is 0 Å². The van der Waals surface area contributed by atoms with Crippen LogP contribution in [0.4, 0.5) is 0 Å². The summed E-state index contributed by atoms with van der Waals surface area (Å²) in [5, 5.41) is 0. The van der Waals surface area contributed by atoms with E-state index >= 15 is 0 Å². The maximum atomic E-state index is 5.07. The highest BCUT2D eigenvalue weighted by atomic mass is 79.9. The van der Waals surface area contributed by atoms with Gasteiger partial charge < -0.3 is 9.30 Å². The normalized spacial score (nSPS) is 18.3.